The lowest BCUT2D eigenvalue weighted by Crippen LogP contribution is -2.39. The van der Waals surface area contributed by atoms with E-state index in [4.69, 9.17) is 5.73 Å². The summed E-state index contributed by atoms with van der Waals surface area (Å²) in [4.78, 5) is 23.3. The Labute approximate surface area is 112 Å². The van der Waals surface area contributed by atoms with Gasteiger partial charge in [0.1, 0.15) is 0 Å². The van der Waals surface area contributed by atoms with Crippen molar-refractivity contribution in [3.63, 3.8) is 0 Å². The molecule has 0 fully saturated rings. The van der Waals surface area contributed by atoms with Gasteiger partial charge in [-0.15, -0.1) is 0 Å². The number of nitrogens with two attached hydrogens (primary N) is 1. The van der Waals surface area contributed by atoms with Crippen molar-refractivity contribution in [1.29, 1.82) is 0 Å². The van der Waals surface area contributed by atoms with Crippen molar-refractivity contribution in [3.05, 3.63) is 35.9 Å². The number of carbonyl (C=O) groups excluding carboxylic acids is 1. The predicted octanol–water partition coefficient (Wildman–Crippen LogP) is 0.884. The molecular formula is C14H20N2O3. The SMILES string of the molecule is CC(CC(=O)NCCCN)(C(=O)O)c1ccccc1. The van der Waals surface area contributed by atoms with Gasteiger partial charge in [0, 0.05) is 13.0 Å². The molecule has 5 heteroatoms. The van der Waals surface area contributed by atoms with Crippen LogP contribution in [-0.4, -0.2) is 30.1 Å². The molecule has 0 aliphatic heterocycles. The van der Waals surface area contributed by atoms with Crippen molar-refractivity contribution in [3.8, 4) is 0 Å². The van der Waals surface area contributed by atoms with Crippen LogP contribution in [0.25, 0.3) is 0 Å². The number of nitrogens with one attached hydrogen (secondary N) is 1. The summed E-state index contributed by atoms with van der Waals surface area (Å²) in [7, 11) is 0. The average molecular weight is 264 g/mol. The zero-order valence-corrected chi connectivity index (χ0v) is 11.1. The Bertz CT molecular complexity index is 434. The van der Waals surface area contributed by atoms with Crippen LogP contribution >= 0.6 is 0 Å². The van der Waals surface area contributed by atoms with Gasteiger partial charge >= 0.3 is 5.97 Å². The molecule has 104 valence electrons. The van der Waals surface area contributed by atoms with Gasteiger partial charge in [0.15, 0.2) is 0 Å². The molecule has 0 saturated carbocycles. The largest absolute Gasteiger partial charge is 0.481 e. The van der Waals surface area contributed by atoms with Crippen LogP contribution in [0.15, 0.2) is 30.3 Å². The van der Waals surface area contributed by atoms with E-state index in [0.717, 1.165) is 0 Å². The van der Waals surface area contributed by atoms with Crippen LogP contribution < -0.4 is 11.1 Å². The standard InChI is InChI=1S/C14H20N2O3/c1-14(13(18)19,11-6-3-2-4-7-11)10-12(17)16-9-5-8-15/h2-4,6-7H,5,8-10,15H2,1H3,(H,16,17)(H,18,19). The summed E-state index contributed by atoms with van der Waals surface area (Å²) in [5.41, 5.74) is 4.74. The summed E-state index contributed by atoms with van der Waals surface area (Å²) in [6.07, 6.45) is 0.595. The molecule has 0 aliphatic carbocycles. The summed E-state index contributed by atoms with van der Waals surface area (Å²) < 4.78 is 0. The highest BCUT2D eigenvalue weighted by atomic mass is 16.4. The van der Waals surface area contributed by atoms with Crippen LogP contribution in [0.1, 0.15) is 25.3 Å². The van der Waals surface area contributed by atoms with Crippen molar-refractivity contribution in [1.82, 2.24) is 5.32 Å². The maximum absolute atomic E-state index is 11.8. The molecule has 4 N–H and O–H groups in total. The smallest absolute Gasteiger partial charge is 0.314 e. The molecule has 1 aromatic carbocycles. The van der Waals surface area contributed by atoms with Crippen molar-refractivity contribution < 1.29 is 14.7 Å². The van der Waals surface area contributed by atoms with E-state index in [0.29, 0.717) is 25.1 Å². The number of aliphatic carboxylic acids is 1. The van der Waals surface area contributed by atoms with Crippen LogP contribution in [0.2, 0.25) is 0 Å². The Morgan fingerprint density at radius 3 is 2.47 bits per heavy atom. The quantitative estimate of drug-likeness (QED) is 0.637. The molecule has 0 saturated heterocycles. The molecule has 1 aromatic rings. The molecule has 1 unspecified atom stereocenters. The van der Waals surface area contributed by atoms with Gasteiger partial charge in [-0.3, -0.25) is 9.59 Å². The van der Waals surface area contributed by atoms with Crippen molar-refractivity contribution >= 4 is 11.9 Å². The Balaban J connectivity index is 2.78. The van der Waals surface area contributed by atoms with E-state index in [9.17, 15) is 14.7 Å². The molecule has 0 radical (unpaired) electrons. The first-order chi connectivity index (χ1) is 9.00. The molecule has 0 aliphatic rings. The normalized spacial score (nSPS) is 13.6. The van der Waals surface area contributed by atoms with Crippen LogP contribution in [-0.2, 0) is 15.0 Å². The first kappa shape index (κ1) is 15.2. The van der Waals surface area contributed by atoms with Gasteiger partial charge in [-0.25, -0.2) is 0 Å². The lowest BCUT2D eigenvalue weighted by molar-refractivity contribution is -0.145. The van der Waals surface area contributed by atoms with Gasteiger partial charge in [0.2, 0.25) is 5.91 Å². The number of rotatable bonds is 7. The third-order valence-electron chi connectivity index (χ3n) is 3.10. The van der Waals surface area contributed by atoms with Crippen LogP contribution in [0.4, 0.5) is 0 Å². The minimum absolute atomic E-state index is 0.0864. The maximum Gasteiger partial charge on any atom is 0.314 e. The summed E-state index contributed by atoms with van der Waals surface area (Å²) in [5, 5.41) is 12.1. The van der Waals surface area contributed by atoms with Crippen molar-refractivity contribution in [2.45, 2.75) is 25.2 Å². The Morgan fingerprint density at radius 2 is 1.95 bits per heavy atom. The van der Waals surface area contributed by atoms with Gasteiger partial charge < -0.3 is 16.2 Å². The van der Waals surface area contributed by atoms with Gasteiger partial charge in [-0.1, -0.05) is 30.3 Å². The monoisotopic (exact) mass is 264 g/mol. The first-order valence-electron chi connectivity index (χ1n) is 6.26. The predicted molar refractivity (Wildman–Crippen MR) is 72.7 cm³/mol. The zero-order chi connectivity index (χ0) is 14.3. The minimum Gasteiger partial charge on any atom is -0.481 e. The lowest BCUT2D eigenvalue weighted by Gasteiger charge is -2.24. The number of carboxylic acid groups (broad SMARTS) is 1. The third kappa shape index (κ3) is 4.06. The number of benzene rings is 1. The first-order valence-corrected chi connectivity index (χ1v) is 6.26. The number of hydrogen-bond donors (Lipinski definition) is 3. The van der Waals surface area contributed by atoms with Gasteiger partial charge in [0.25, 0.3) is 0 Å². The summed E-state index contributed by atoms with van der Waals surface area (Å²) >= 11 is 0. The number of amides is 1. The van der Waals surface area contributed by atoms with Crippen LogP contribution in [0, 0.1) is 0 Å². The average Bonchev–Trinajstić information content (AvgIpc) is 2.39. The fourth-order valence-corrected chi connectivity index (χ4v) is 1.82. The lowest BCUT2D eigenvalue weighted by atomic mass is 9.79. The van der Waals surface area contributed by atoms with E-state index in [1.807, 2.05) is 6.07 Å². The van der Waals surface area contributed by atoms with Gasteiger partial charge in [-0.2, -0.15) is 0 Å². The molecule has 1 atom stereocenters. The molecule has 0 spiro atoms. The zero-order valence-electron chi connectivity index (χ0n) is 11.1. The Hall–Kier alpha value is -1.88. The Morgan fingerprint density at radius 1 is 1.32 bits per heavy atom. The van der Waals surface area contributed by atoms with Crippen molar-refractivity contribution in [2.75, 3.05) is 13.1 Å². The topological polar surface area (TPSA) is 92.4 Å². The highest BCUT2D eigenvalue weighted by Gasteiger charge is 2.37. The maximum atomic E-state index is 11.8. The second-order valence-electron chi connectivity index (χ2n) is 4.67. The molecule has 5 nitrogen and oxygen atoms in total. The summed E-state index contributed by atoms with van der Waals surface area (Å²) in [6.45, 7) is 2.53. The number of carbonyl (C=O) groups is 2. The van der Waals surface area contributed by atoms with E-state index < -0.39 is 11.4 Å². The van der Waals surface area contributed by atoms with Gasteiger partial charge in [-0.05, 0) is 25.5 Å². The van der Waals surface area contributed by atoms with Crippen LogP contribution in [0.5, 0.6) is 0 Å². The van der Waals surface area contributed by atoms with E-state index in [1.165, 1.54) is 0 Å². The molecule has 19 heavy (non-hydrogen) atoms. The Kier molecular flexibility index (Phi) is 5.51. The number of hydrogen-bond acceptors (Lipinski definition) is 3. The molecule has 1 rings (SSSR count). The fourth-order valence-electron chi connectivity index (χ4n) is 1.82. The summed E-state index contributed by atoms with van der Waals surface area (Å²) in [5.74, 6) is -1.28. The molecule has 1 amide bonds. The third-order valence-corrected chi connectivity index (χ3v) is 3.10. The van der Waals surface area contributed by atoms with E-state index in [1.54, 1.807) is 31.2 Å². The molecule has 0 heterocycles. The molecule has 0 aromatic heterocycles. The van der Waals surface area contributed by atoms with E-state index in [-0.39, 0.29) is 12.3 Å². The fraction of sp³-hybridized carbons (Fsp3) is 0.429. The highest BCUT2D eigenvalue weighted by molar-refractivity contribution is 5.89. The van der Waals surface area contributed by atoms with Crippen LogP contribution in [0.3, 0.4) is 0 Å². The second-order valence-corrected chi connectivity index (χ2v) is 4.67. The number of carboxylic acids is 1. The highest BCUT2D eigenvalue weighted by Crippen LogP contribution is 2.27. The minimum atomic E-state index is -1.21. The van der Waals surface area contributed by atoms with E-state index in [2.05, 4.69) is 5.32 Å². The van der Waals surface area contributed by atoms with E-state index >= 15 is 0 Å². The summed E-state index contributed by atoms with van der Waals surface area (Å²) in [6, 6.07) is 8.79. The molecule has 0 bridgehead atoms. The second kappa shape index (κ2) is 6.89. The molecular weight excluding hydrogens is 244 g/mol. The van der Waals surface area contributed by atoms with Crippen molar-refractivity contribution in [2.24, 2.45) is 5.73 Å². The van der Waals surface area contributed by atoms with Gasteiger partial charge in [0.05, 0.1) is 5.41 Å².